The van der Waals surface area contributed by atoms with Crippen LogP contribution >= 0.6 is 11.6 Å². The molecular weight excluding hydrogens is 649 g/mol. The Morgan fingerprint density at radius 2 is 1.51 bits per heavy atom. The van der Waals surface area contributed by atoms with Crippen LogP contribution in [0.15, 0.2) is 95.9 Å². The van der Waals surface area contributed by atoms with E-state index in [-0.39, 0.29) is 28.8 Å². The Hall–Kier alpha value is -4.81. The van der Waals surface area contributed by atoms with Gasteiger partial charge in [-0.2, -0.15) is 0 Å². The monoisotopic (exact) mass is 683 g/mol. The summed E-state index contributed by atoms with van der Waals surface area (Å²) >= 11 is 6.04. The second-order valence-electron chi connectivity index (χ2n) is 10.4. The van der Waals surface area contributed by atoms with E-state index in [1.807, 2.05) is 12.1 Å². The Balaban J connectivity index is 1.39. The number of hydrogen-bond donors (Lipinski definition) is 2. The molecule has 0 aromatic heterocycles. The van der Waals surface area contributed by atoms with Crippen LogP contribution in [-0.4, -0.2) is 58.5 Å². The average Bonchev–Trinajstić information content (AvgIpc) is 3.07. The van der Waals surface area contributed by atoms with Crippen molar-refractivity contribution in [3.63, 3.8) is 0 Å². The molecule has 0 heterocycles. The summed E-state index contributed by atoms with van der Waals surface area (Å²) in [6, 6.07) is 22.0. The SMILES string of the molecule is COc1ccc(CCNC(=O)[C@@H](C)N(Cc2ccc(Cl)cc2)C(=O)COc2ccc(S(=O)(=O)Nc3ccc(F)cc3)cc2)cc1OC. The van der Waals surface area contributed by atoms with E-state index >= 15 is 0 Å². The smallest absolute Gasteiger partial charge is 0.261 e. The predicted molar refractivity (Wildman–Crippen MR) is 177 cm³/mol. The summed E-state index contributed by atoms with van der Waals surface area (Å²) in [5.41, 5.74) is 1.90. The van der Waals surface area contributed by atoms with Crippen molar-refractivity contribution >= 4 is 39.1 Å². The molecule has 0 saturated carbocycles. The minimum Gasteiger partial charge on any atom is -0.493 e. The third-order valence-corrected chi connectivity index (χ3v) is 8.84. The van der Waals surface area contributed by atoms with E-state index < -0.39 is 34.4 Å². The van der Waals surface area contributed by atoms with E-state index in [9.17, 15) is 22.4 Å². The Morgan fingerprint density at radius 1 is 0.872 bits per heavy atom. The molecule has 10 nitrogen and oxygen atoms in total. The molecule has 4 aromatic carbocycles. The number of ether oxygens (including phenoxy) is 3. The Morgan fingerprint density at radius 3 is 2.15 bits per heavy atom. The van der Waals surface area contributed by atoms with Crippen LogP contribution < -0.4 is 24.2 Å². The van der Waals surface area contributed by atoms with Gasteiger partial charge < -0.3 is 24.4 Å². The standard InChI is InChI=1S/C34H35ClFN3O7S/c1-23(34(41)37-19-18-24-6-17-31(44-2)32(20-24)45-3)39(21-25-4-7-26(35)8-5-25)33(40)22-46-29-13-15-30(16-14-29)47(42,43)38-28-11-9-27(36)10-12-28/h4-17,20,23,38H,18-19,21-22H2,1-3H3,(H,37,41)/t23-/m1/s1. The quantitative estimate of drug-likeness (QED) is 0.171. The molecule has 2 amide bonds. The van der Waals surface area contributed by atoms with Gasteiger partial charge in [0.1, 0.15) is 17.6 Å². The fraction of sp³-hybridized carbons (Fsp3) is 0.235. The number of nitrogens with one attached hydrogen (secondary N) is 2. The van der Waals surface area contributed by atoms with E-state index in [1.54, 1.807) is 51.5 Å². The van der Waals surface area contributed by atoms with Crippen molar-refractivity contribution in [1.82, 2.24) is 10.2 Å². The number of methoxy groups -OCH3 is 2. The van der Waals surface area contributed by atoms with Crippen molar-refractivity contribution < 1.29 is 36.6 Å². The molecule has 0 spiro atoms. The van der Waals surface area contributed by atoms with Crippen LogP contribution in [0.1, 0.15) is 18.1 Å². The summed E-state index contributed by atoms with van der Waals surface area (Å²) in [6.45, 7) is 1.67. The first-order valence-electron chi connectivity index (χ1n) is 14.5. The second kappa shape index (κ2) is 16.1. The van der Waals surface area contributed by atoms with Crippen molar-refractivity contribution in [1.29, 1.82) is 0 Å². The number of halogens is 2. The van der Waals surface area contributed by atoms with E-state index in [0.717, 1.165) is 23.3 Å². The van der Waals surface area contributed by atoms with E-state index in [2.05, 4.69) is 10.0 Å². The Kier molecular flexibility index (Phi) is 12.0. The lowest BCUT2D eigenvalue weighted by molar-refractivity contribution is -0.142. The summed E-state index contributed by atoms with van der Waals surface area (Å²) in [4.78, 5) is 28.0. The number of rotatable bonds is 15. The number of carbonyl (C=O) groups excluding carboxylic acids is 2. The molecule has 2 N–H and O–H groups in total. The summed E-state index contributed by atoms with van der Waals surface area (Å²) in [7, 11) is -0.839. The van der Waals surface area contributed by atoms with Gasteiger partial charge in [-0.1, -0.05) is 29.8 Å². The van der Waals surface area contributed by atoms with Gasteiger partial charge in [0.25, 0.3) is 15.9 Å². The maximum Gasteiger partial charge on any atom is 0.261 e. The number of benzene rings is 4. The third-order valence-electron chi connectivity index (χ3n) is 7.19. The molecule has 0 bridgehead atoms. The maximum absolute atomic E-state index is 13.4. The predicted octanol–water partition coefficient (Wildman–Crippen LogP) is 5.45. The van der Waals surface area contributed by atoms with Gasteiger partial charge in [-0.25, -0.2) is 12.8 Å². The number of amides is 2. The minimum atomic E-state index is -3.95. The molecular formula is C34H35ClFN3O7S. The average molecular weight is 684 g/mol. The lowest BCUT2D eigenvalue weighted by Crippen LogP contribution is -2.49. The first kappa shape index (κ1) is 35.1. The van der Waals surface area contributed by atoms with Crippen molar-refractivity contribution in [2.75, 3.05) is 32.1 Å². The highest BCUT2D eigenvalue weighted by atomic mass is 35.5. The number of anilines is 1. The van der Waals surface area contributed by atoms with Crippen molar-refractivity contribution in [3.8, 4) is 17.2 Å². The van der Waals surface area contributed by atoms with E-state index in [1.165, 1.54) is 41.3 Å². The Bertz CT molecular complexity index is 1770. The zero-order valence-electron chi connectivity index (χ0n) is 26.0. The second-order valence-corrected chi connectivity index (χ2v) is 12.5. The molecule has 0 fully saturated rings. The summed E-state index contributed by atoms with van der Waals surface area (Å²) in [5, 5.41) is 3.43. The fourth-order valence-electron chi connectivity index (χ4n) is 4.56. The van der Waals surface area contributed by atoms with Crippen LogP contribution in [0, 0.1) is 5.82 Å². The number of hydrogen-bond acceptors (Lipinski definition) is 7. The molecule has 0 aliphatic carbocycles. The number of sulfonamides is 1. The summed E-state index contributed by atoms with van der Waals surface area (Å²) in [5.74, 6) is 0.136. The van der Waals surface area contributed by atoms with Crippen LogP contribution in [-0.2, 0) is 32.6 Å². The first-order chi connectivity index (χ1) is 22.5. The fourth-order valence-corrected chi connectivity index (χ4v) is 5.74. The molecule has 0 aliphatic rings. The van der Waals surface area contributed by atoms with Crippen molar-refractivity contribution in [2.45, 2.75) is 30.8 Å². The van der Waals surface area contributed by atoms with Gasteiger partial charge in [0.15, 0.2) is 18.1 Å². The van der Waals surface area contributed by atoms with Crippen molar-refractivity contribution in [3.05, 3.63) is 113 Å². The molecule has 0 radical (unpaired) electrons. The van der Waals surface area contributed by atoms with Crippen LogP contribution in [0.5, 0.6) is 17.2 Å². The molecule has 0 unspecified atom stereocenters. The van der Waals surface area contributed by atoms with E-state index in [0.29, 0.717) is 29.5 Å². The topological polar surface area (TPSA) is 123 Å². The van der Waals surface area contributed by atoms with Crippen molar-refractivity contribution in [2.24, 2.45) is 0 Å². The van der Waals surface area contributed by atoms with Crippen LogP contribution in [0.25, 0.3) is 0 Å². The molecule has 47 heavy (non-hydrogen) atoms. The third kappa shape index (κ3) is 9.84. The highest BCUT2D eigenvalue weighted by molar-refractivity contribution is 7.92. The normalized spacial score (nSPS) is 11.7. The van der Waals surface area contributed by atoms with Gasteiger partial charge in [-0.05, 0) is 97.3 Å². The molecule has 13 heteroatoms. The van der Waals surface area contributed by atoms with E-state index in [4.69, 9.17) is 25.8 Å². The molecule has 4 rings (SSSR count). The van der Waals surface area contributed by atoms with Crippen LogP contribution in [0.4, 0.5) is 10.1 Å². The summed E-state index contributed by atoms with van der Waals surface area (Å²) in [6.07, 6.45) is 0.526. The van der Waals surface area contributed by atoms with Gasteiger partial charge in [0.2, 0.25) is 5.91 Å². The molecule has 4 aromatic rings. The highest BCUT2D eigenvalue weighted by Crippen LogP contribution is 2.27. The lowest BCUT2D eigenvalue weighted by Gasteiger charge is -2.29. The van der Waals surface area contributed by atoms with Gasteiger partial charge in [-0.3, -0.25) is 14.3 Å². The molecule has 1 atom stereocenters. The molecule has 0 saturated heterocycles. The molecule has 0 aliphatic heterocycles. The number of carbonyl (C=O) groups is 2. The van der Waals surface area contributed by atoms with Crippen LogP contribution in [0.2, 0.25) is 5.02 Å². The largest absolute Gasteiger partial charge is 0.493 e. The first-order valence-corrected chi connectivity index (χ1v) is 16.4. The van der Waals surface area contributed by atoms with Gasteiger partial charge in [0.05, 0.1) is 19.1 Å². The zero-order chi connectivity index (χ0) is 34.0. The zero-order valence-corrected chi connectivity index (χ0v) is 27.6. The minimum absolute atomic E-state index is 0.0526. The number of nitrogens with zero attached hydrogens (tertiary/aromatic N) is 1. The van der Waals surface area contributed by atoms with Gasteiger partial charge in [-0.15, -0.1) is 0 Å². The van der Waals surface area contributed by atoms with Crippen LogP contribution in [0.3, 0.4) is 0 Å². The lowest BCUT2D eigenvalue weighted by atomic mass is 10.1. The highest BCUT2D eigenvalue weighted by Gasteiger charge is 2.26. The summed E-state index contributed by atoms with van der Waals surface area (Å²) < 4.78 is 57.3. The molecule has 248 valence electrons. The van der Waals surface area contributed by atoms with Gasteiger partial charge >= 0.3 is 0 Å². The Labute approximate surface area is 278 Å². The maximum atomic E-state index is 13.4. The van der Waals surface area contributed by atoms with Gasteiger partial charge in [0, 0.05) is 23.8 Å².